The quantitative estimate of drug-likeness (QED) is 0.398. The minimum Gasteiger partial charge on any atom is -0.469 e. The van der Waals surface area contributed by atoms with Crippen molar-refractivity contribution in [3.8, 4) is 0 Å². The summed E-state index contributed by atoms with van der Waals surface area (Å²) in [6.07, 6.45) is 10.5. The fourth-order valence-corrected chi connectivity index (χ4v) is 9.37. The number of methoxy groups -OCH3 is 1. The highest BCUT2D eigenvalue weighted by atomic mass is 16.5. The SMILES string of the molecule is CCC(C)(C)C(=O)O[C@H]1CC[C@@]2(C)C(C1)C[C@@H](O)C1C3CCC(C(C)CCC(=O)OC)[C@@]3(C)CCC12. The topological polar surface area (TPSA) is 72.8 Å². The molecule has 1 N–H and O–H groups in total. The number of hydrogen-bond donors (Lipinski definition) is 1. The maximum absolute atomic E-state index is 12.7. The maximum atomic E-state index is 12.7. The highest BCUT2D eigenvalue weighted by Crippen LogP contribution is 2.68. The van der Waals surface area contributed by atoms with Crippen LogP contribution in [0.4, 0.5) is 0 Å². The predicted octanol–water partition coefficient (Wildman–Crippen LogP) is 6.55. The van der Waals surface area contributed by atoms with Gasteiger partial charge in [0.15, 0.2) is 0 Å². The van der Waals surface area contributed by atoms with Gasteiger partial charge in [-0.2, -0.15) is 0 Å². The molecule has 36 heavy (non-hydrogen) atoms. The highest BCUT2D eigenvalue weighted by molar-refractivity contribution is 5.76. The molecule has 0 saturated heterocycles. The molecule has 0 aromatic carbocycles. The number of rotatable bonds is 7. The standard InChI is InChI=1S/C31H52O5/c1-8-29(3,4)28(34)36-21-13-15-30(5)20(17-21)18-25(32)27-23-11-10-22(19(2)9-12-26(33)35-7)31(23,6)16-14-24(27)30/h19-25,27,32H,8-18H2,1-7H3/t19?,20?,21-,22?,23?,24?,25+,27?,30-,31+/m0/s1. The molecular formula is C31H52O5. The Balaban J connectivity index is 1.46. The van der Waals surface area contributed by atoms with Gasteiger partial charge < -0.3 is 14.6 Å². The summed E-state index contributed by atoms with van der Waals surface area (Å²) in [7, 11) is 1.48. The zero-order chi connectivity index (χ0) is 26.5. The van der Waals surface area contributed by atoms with Crippen LogP contribution in [0.25, 0.3) is 0 Å². The number of carbonyl (C=O) groups excluding carboxylic acids is 2. The first kappa shape index (κ1) is 27.9. The van der Waals surface area contributed by atoms with E-state index in [-0.39, 0.29) is 35.0 Å². The Morgan fingerprint density at radius 3 is 2.36 bits per heavy atom. The van der Waals surface area contributed by atoms with Crippen molar-refractivity contribution in [1.29, 1.82) is 0 Å². The number of esters is 2. The Hall–Kier alpha value is -1.10. The zero-order valence-electron chi connectivity index (χ0n) is 24.0. The van der Waals surface area contributed by atoms with Crippen molar-refractivity contribution in [1.82, 2.24) is 0 Å². The van der Waals surface area contributed by atoms with E-state index < -0.39 is 5.41 Å². The van der Waals surface area contributed by atoms with Gasteiger partial charge in [-0.1, -0.05) is 27.7 Å². The molecule has 0 radical (unpaired) electrons. The number of aliphatic hydroxyl groups is 1. The van der Waals surface area contributed by atoms with Gasteiger partial charge in [0.05, 0.1) is 18.6 Å². The van der Waals surface area contributed by atoms with E-state index in [2.05, 4.69) is 20.8 Å². The molecule has 10 atom stereocenters. The van der Waals surface area contributed by atoms with E-state index >= 15 is 0 Å². The minimum atomic E-state index is -0.432. The molecule has 4 aliphatic carbocycles. The average molecular weight is 505 g/mol. The summed E-state index contributed by atoms with van der Waals surface area (Å²) in [4.78, 5) is 24.5. The molecule has 0 heterocycles. The monoisotopic (exact) mass is 504 g/mol. The lowest BCUT2D eigenvalue weighted by atomic mass is 9.43. The van der Waals surface area contributed by atoms with Crippen molar-refractivity contribution in [2.75, 3.05) is 7.11 Å². The van der Waals surface area contributed by atoms with E-state index in [1.54, 1.807) is 0 Å². The Morgan fingerprint density at radius 1 is 1.03 bits per heavy atom. The van der Waals surface area contributed by atoms with Gasteiger partial charge in [0.2, 0.25) is 0 Å². The molecule has 0 amide bonds. The predicted molar refractivity (Wildman–Crippen MR) is 141 cm³/mol. The molecule has 0 bridgehead atoms. The zero-order valence-corrected chi connectivity index (χ0v) is 24.0. The van der Waals surface area contributed by atoms with Crippen molar-refractivity contribution < 1.29 is 24.2 Å². The lowest BCUT2D eigenvalue weighted by Gasteiger charge is -2.62. The summed E-state index contributed by atoms with van der Waals surface area (Å²) >= 11 is 0. The average Bonchev–Trinajstić information content (AvgIpc) is 3.20. The number of ether oxygens (including phenoxy) is 2. The molecule has 0 aromatic rings. The molecule has 6 unspecified atom stereocenters. The van der Waals surface area contributed by atoms with E-state index in [1.807, 2.05) is 20.8 Å². The summed E-state index contributed by atoms with van der Waals surface area (Å²) in [6.45, 7) is 13.3. The smallest absolute Gasteiger partial charge is 0.311 e. The Kier molecular flexibility index (Phi) is 7.93. The molecule has 0 spiro atoms. The van der Waals surface area contributed by atoms with Gasteiger partial charge in [0, 0.05) is 6.42 Å². The van der Waals surface area contributed by atoms with Gasteiger partial charge in [0.25, 0.3) is 0 Å². The van der Waals surface area contributed by atoms with Crippen LogP contribution in [0, 0.1) is 51.8 Å². The van der Waals surface area contributed by atoms with E-state index in [1.165, 1.54) is 32.8 Å². The van der Waals surface area contributed by atoms with Crippen molar-refractivity contribution in [2.24, 2.45) is 51.8 Å². The largest absolute Gasteiger partial charge is 0.469 e. The molecule has 4 rings (SSSR count). The van der Waals surface area contributed by atoms with Gasteiger partial charge >= 0.3 is 11.9 Å². The van der Waals surface area contributed by atoms with Gasteiger partial charge in [-0.05, 0) is 124 Å². The van der Waals surface area contributed by atoms with Gasteiger partial charge in [-0.25, -0.2) is 0 Å². The van der Waals surface area contributed by atoms with Crippen molar-refractivity contribution in [3.63, 3.8) is 0 Å². The van der Waals surface area contributed by atoms with E-state index in [0.717, 1.165) is 38.5 Å². The Labute approximate surface area is 219 Å². The summed E-state index contributed by atoms with van der Waals surface area (Å²) in [6, 6.07) is 0. The van der Waals surface area contributed by atoms with Gasteiger partial charge in [-0.3, -0.25) is 9.59 Å². The van der Waals surface area contributed by atoms with Crippen LogP contribution in [0.3, 0.4) is 0 Å². The lowest BCUT2D eigenvalue weighted by Crippen LogP contribution is -2.59. The second kappa shape index (κ2) is 10.2. The molecule has 4 fully saturated rings. The minimum absolute atomic E-state index is 0.00877. The number of hydrogen-bond acceptors (Lipinski definition) is 5. The molecule has 0 aliphatic heterocycles. The molecule has 5 heteroatoms. The maximum Gasteiger partial charge on any atom is 0.311 e. The second-order valence-corrected chi connectivity index (χ2v) is 14.2. The van der Waals surface area contributed by atoms with Gasteiger partial charge in [0.1, 0.15) is 6.10 Å². The van der Waals surface area contributed by atoms with E-state index in [0.29, 0.717) is 41.9 Å². The Bertz CT molecular complexity index is 822. The van der Waals surface area contributed by atoms with Crippen molar-refractivity contribution >= 4 is 11.9 Å². The summed E-state index contributed by atoms with van der Waals surface area (Å²) in [5.74, 6) is 2.85. The fraction of sp³-hybridized carbons (Fsp3) is 0.935. The number of carbonyl (C=O) groups is 2. The molecule has 5 nitrogen and oxygen atoms in total. The first-order chi connectivity index (χ1) is 16.9. The number of fused-ring (bicyclic) bond motifs is 5. The third-order valence-electron chi connectivity index (χ3n) is 12.1. The van der Waals surface area contributed by atoms with E-state index in [9.17, 15) is 14.7 Å². The molecule has 4 aliphatic rings. The van der Waals surface area contributed by atoms with Gasteiger partial charge in [-0.15, -0.1) is 0 Å². The van der Waals surface area contributed by atoms with Crippen molar-refractivity contribution in [3.05, 3.63) is 0 Å². The third-order valence-corrected chi connectivity index (χ3v) is 12.1. The molecular weight excluding hydrogens is 452 g/mol. The van der Waals surface area contributed by atoms with Crippen LogP contribution in [0.2, 0.25) is 0 Å². The van der Waals surface area contributed by atoms with Crippen molar-refractivity contribution in [2.45, 2.75) is 124 Å². The van der Waals surface area contributed by atoms with Crippen LogP contribution >= 0.6 is 0 Å². The third kappa shape index (κ3) is 4.76. The molecule has 206 valence electrons. The molecule has 4 saturated carbocycles. The van der Waals surface area contributed by atoms with Crippen LogP contribution in [-0.2, 0) is 19.1 Å². The van der Waals surface area contributed by atoms with Crippen LogP contribution in [-0.4, -0.2) is 36.4 Å². The van der Waals surface area contributed by atoms with Crippen LogP contribution in [0.5, 0.6) is 0 Å². The fourth-order valence-electron chi connectivity index (χ4n) is 9.37. The number of aliphatic hydroxyl groups excluding tert-OH is 1. The van der Waals surface area contributed by atoms with Crippen LogP contribution < -0.4 is 0 Å². The lowest BCUT2D eigenvalue weighted by molar-refractivity contribution is -0.186. The second-order valence-electron chi connectivity index (χ2n) is 14.2. The normalized spacial score (nSPS) is 43.1. The van der Waals surface area contributed by atoms with E-state index in [4.69, 9.17) is 9.47 Å². The summed E-state index contributed by atoms with van der Waals surface area (Å²) in [5.41, 5.74) is 0.0428. The highest BCUT2D eigenvalue weighted by Gasteiger charge is 2.63. The first-order valence-corrected chi connectivity index (χ1v) is 14.8. The molecule has 0 aromatic heterocycles. The summed E-state index contributed by atoms with van der Waals surface area (Å²) < 4.78 is 10.9. The van der Waals surface area contributed by atoms with Crippen LogP contribution in [0.1, 0.15) is 112 Å². The summed E-state index contributed by atoms with van der Waals surface area (Å²) in [5, 5.41) is 11.6. The first-order valence-electron chi connectivity index (χ1n) is 14.8. The van der Waals surface area contributed by atoms with Crippen LogP contribution in [0.15, 0.2) is 0 Å². The Morgan fingerprint density at radius 2 is 1.69 bits per heavy atom.